The molecule has 0 aliphatic carbocycles. The Morgan fingerprint density at radius 1 is 1.42 bits per heavy atom. The van der Waals surface area contributed by atoms with Crippen molar-refractivity contribution in [1.82, 2.24) is 4.90 Å². The lowest BCUT2D eigenvalue weighted by Gasteiger charge is -2.40. The number of nitrogens with zero attached hydrogens (tertiary/aromatic N) is 1. The van der Waals surface area contributed by atoms with Gasteiger partial charge in [-0.25, -0.2) is 0 Å². The van der Waals surface area contributed by atoms with Gasteiger partial charge in [-0.1, -0.05) is 30.7 Å². The Kier molecular flexibility index (Phi) is 5.22. The Labute approximate surface area is 120 Å². The van der Waals surface area contributed by atoms with Crippen molar-refractivity contribution in [2.75, 3.05) is 26.7 Å². The average Bonchev–Trinajstić information content (AvgIpc) is 2.43. The van der Waals surface area contributed by atoms with Crippen LogP contribution < -0.4 is 5.73 Å². The highest BCUT2D eigenvalue weighted by atomic mass is 35.5. The van der Waals surface area contributed by atoms with Crippen LogP contribution in [0.5, 0.6) is 0 Å². The van der Waals surface area contributed by atoms with Gasteiger partial charge >= 0.3 is 0 Å². The van der Waals surface area contributed by atoms with E-state index in [1.807, 2.05) is 12.1 Å². The predicted octanol–water partition coefficient (Wildman–Crippen LogP) is 2.70. The highest BCUT2D eigenvalue weighted by molar-refractivity contribution is 6.30. The van der Waals surface area contributed by atoms with Gasteiger partial charge in [-0.2, -0.15) is 0 Å². The minimum absolute atomic E-state index is 0.252. The monoisotopic (exact) mass is 282 g/mol. The summed E-state index contributed by atoms with van der Waals surface area (Å²) >= 11 is 5.95. The Morgan fingerprint density at radius 3 is 2.68 bits per heavy atom. The molecule has 1 heterocycles. The molecule has 4 heteroatoms. The lowest BCUT2D eigenvalue weighted by Crippen LogP contribution is -2.47. The number of piperidine rings is 1. The number of benzene rings is 1. The van der Waals surface area contributed by atoms with Gasteiger partial charge in [0, 0.05) is 31.3 Å². The SMILES string of the molecule is COC1CN(C(CN)c2ccc(Cl)cc2)CCC1C. The molecular formula is C15H23ClN2O. The van der Waals surface area contributed by atoms with Gasteiger partial charge < -0.3 is 10.5 Å². The fourth-order valence-electron chi connectivity index (χ4n) is 2.83. The van der Waals surface area contributed by atoms with Crippen LogP contribution >= 0.6 is 11.6 Å². The van der Waals surface area contributed by atoms with Gasteiger partial charge in [0.1, 0.15) is 0 Å². The van der Waals surface area contributed by atoms with Crippen LogP contribution in [0.4, 0.5) is 0 Å². The summed E-state index contributed by atoms with van der Waals surface area (Å²) < 4.78 is 5.58. The molecule has 1 aliphatic rings. The first-order valence-electron chi connectivity index (χ1n) is 6.88. The van der Waals surface area contributed by atoms with Crippen molar-refractivity contribution in [2.24, 2.45) is 11.7 Å². The molecule has 2 N–H and O–H groups in total. The molecule has 19 heavy (non-hydrogen) atoms. The molecule has 3 nitrogen and oxygen atoms in total. The molecule has 1 saturated heterocycles. The zero-order chi connectivity index (χ0) is 13.8. The lowest BCUT2D eigenvalue weighted by atomic mass is 9.93. The van der Waals surface area contributed by atoms with E-state index in [1.54, 1.807) is 7.11 Å². The van der Waals surface area contributed by atoms with Crippen LogP contribution in [-0.4, -0.2) is 37.7 Å². The van der Waals surface area contributed by atoms with E-state index in [-0.39, 0.29) is 6.04 Å². The van der Waals surface area contributed by atoms with Crippen LogP contribution in [0, 0.1) is 5.92 Å². The number of likely N-dealkylation sites (tertiary alicyclic amines) is 1. The maximum absolute atomic E-state index is 5.98. The summed E-state index contributed by atoms with van der Waals surface area (Å²) in [4.78, 5) is 2.43. The zero-order valence-corrected chi connectivity index (χ0v) is 12.4. The zero-order valence-electron chi connectivity index (χ0n) is 11.7. The standard InChI is InChI=1S/C15H23ClN2O/c1-11-7-8-18(10-15(11)19-2)14(9-17)12-3-5-13(16)6-4-12/h3-6,11,14-15H,7-10,17H2,1-2H3. The Hall–Kier alpha value is -0.610. The van der Waals surface area contributed by atoms with E-state index in [0.29, 0.717) is 18.6 Å². The minimum atomic E-state index is 0.252. The third-order valence-corrected chi connectivity index (χ3v) is 4.39. The molecule has 1 aliphatic heterocycles. The van der Waals surface area contributed by atoms with Crippen LogP contribution in [0.1, 0.15) is 24.9 Å². The second-order valence-corrected chi connectivity index (χ2v) is 5.77. The Morgan fingerprint density at radius 2 is 2.11 bits per heavy atom. The van der Waals surface area contributed by atoms with Gasteiger partial charge in [0.05, 0.1) is 6.10 Å². The molecule has 1 aromatic carbocycles. The maximum Gasteiger partial charge on any atom is 0.0724 e. The molecule has 2 rings (SSSR count). The number of halogens is 1. The van der Waals surface area contributed by atoms with Gasteiger partial charge in [0.25, 0.3) is 0 Å². The molecule has 1 fully saturated rings. The van der Waals surface area contributed by atoms with Gasteiger partial charge in [-0.05, 0) is 36.6 Å². The first-order valence-corrected chi connectivity index (χ1v) is 7.26. The largest absolute Gasteiger partial charge is 0.380 e. The van der Waals surface area contributed by atoms with Crippen molar-refractivity contribution in [3.8, 4) is 0 Å². The van der Waals surface area contributed by atoms with E-state index in [1.165, 1.54) is 5.56 Å². The second kappa shape index (κ2) is 6.71. The van der Waals surface area contributed by atoms with E-state index in [4.69, 9.17) is 22.1 Å². The van der Waals surface area contributed by atoms with Gasteiger partial charge in [0.15, 0.2) is 0 Å². The molecule has 0 bridgehead atoms. The van der Waals surface area contributed by atoms with E-state index in [2.05, 4.69) is 24.0 Å². The molecule has 3 unspecified atom stereocenters. The van der Waals surface area contributed by atoms with Crippen LogP contribution in [0.25, 0.3) is 0 Å². The summed E-state index contributed by atoms with van der Waals surface area (Å²) in [6, 6.07) is 8.25. The molecule has 0 spiro atoms. The molecule has 0 amide bonds. The van der Waals surface area contributed by atoms with E-state index >= 15 is 0 Å². The lowest BCUT2D eigenvalue weighted by molar-refractivity contribution is -0.0183. The van der Waals surface area contributed by atoms with Crippen LogP contribution in [0.2, 0.25) is 5.02 Å². The van der Waals surface area contributed by atoms with Crippen molar-refractivity contribution in [3.63, 3.8) is 0 Å². The summed E-state index contributed by atoms with van der Waals surface area (Å²) in [6.45, 7) is 4.89. The maximum atomic E-state index is 5.98. The number of rotatable bonds is 4. The summed E-state index contributed by atoms with van der Waals surface area (Å²) in [6.07, 6.45) is 1.46. The average molecular weight is 283 g/mol. The Balaban J connectivity index is 2.11. The summed E-state index contributed by atoms with van der Waals surface area (Å²) in [7, 11) is 1.80. The van der Waals surface area contributed by atoms with Crippen molar-refractivity contribution < 1.29 is 4.74 Å². The fourth-order valence-corrected chi connectivity index (χ4v) is 2.95. The topological polar surface area (TPSA) is 38.5 Å². The quantitative estimate of drug-likeness (QED) is 0.923. The van der Waals surface area contributed by atoms with E-state index < -0.39 is 0 Å². The third kappa shape index (κ3) is 3.48. The van der Waals surface area contributed by atoms with E-state index in [0.717, 1.165) is 24.5 Å². The molecule has 3 atom stereocenters. The highest BCUT2D eigenvalue weighted by Gasteiger charge is 2.30. The summed E-state index contributed by atoms with van der Waals surface area (Å²) in [5.41, 5.74) is 7.21. The van der Waals surface area contributed by atoms with Crippen LogP contribution in [0.15, 0.2) is 24.3 Å². The van der Waals surface area contributed by atoms with Crippen molar-refractivity contribution in [1.29, 1.82) is 0 Å². The Bertz CT molecular complexity index is 396. The molecular weight excluding hydrogens is 260 g/mol. The highest BCUT2D eigenvalue weighted by Crippen LogP contribution is 2.28. The summed E-state index contributed by atoms with van der Waals surface area (Å²) in [5, 5.41) is 0.765. The summed E-state index contributed by atoms with van der Waals surface area (Å²) in [5.74, 6) is 0.616. The number of hydrogen-bond acceptors (Lipinski definition) is 3. The molecule has 1 aromatic rings. The smallest absolute Gasteiger partial charge is 0.0724 e. The van der Waals surface area contributed by atoms with E-state index in [9.17, 15) is 0 Å². The first kappa shape index (κ1) is 14.8. The van der Waals surface area contributed by atoms with Crippen LogP contribution in [0.3, 0.4) is 0 Å². The van der Waals surface area contributed by atoms with Gasteiger partial charge in [-0.3, -0.25) is 4.90 Å². The first-order chi connectivity index (χ1) is 9.15. The molecule has 0 saturated carbocycles. The third-order valence-electron chi connectivity index (χ3n) is 4.14. The second-order valence-electron chi connectivity index (χ2n) is 5.34. The number of hydrogen-bond donors (Lipinski definition) is 1. The van der Waals surface area contributed by atoms with Gasteiger partial charge in [-0.15, -0.1) is 0 Å². The number of nitrogens with two attached hydrogens (primary N) is 1. The van der Waals surface area contributed by atoms with Crippen LogP contribution in [-0.2, 0) is 4.74 Å². The number of ether oxygens (including phenoxy) is 1. The fraction of sp³-hybridized carbons (Fsp3) is 0.600. The normalized spacial score (nSPS) is 26.3. The predicted molar refractivity (Wildman–Crippen MR) is 79.4 cm³/mol. The van der Waals surface area contributed by atoms with Gasteiger partial charge in [0.2, 0.25) is 0 Å². The van der Waals surface area contributed by atoms with Crippen molar-refractivity contribution >= 4 is 11.6 Å². The van der Waals surface area contributed by atoms with Crippen molar-refractivity contribution in [3.05, 3.63) is 34.9 Å². The van der Waals surface area contributed by atoms with Crippen molar-refractivity contribution in [2.45, 2.75) is 25.5 Å². The minimum Gasteiger partial charge on any atom is -0.380 e. The molecule has 106 valence electrons. The number of methoxy groups -OCH3 is 1. The molecule has 0 radical (unpaired) electrons. The molecule has 0 aromatic heterocycles.